The molecule has 0 unspecified atom stereocenters. The third kappa shape index (κ3) is 3.74. The smallest absolute Gasteiger partial charge is 0.337 e. The van der Waals surface area contributed by atoms with Gasteiger partial charge in [0.25, 0.3) is 5.91 Å². The molecule has 0 aromatic heterocycles. The first-order chi connectivity index (χ1) is 12.8. The van der Waals surface area contributed by atoms with Gasteiger partial charge < -0.3 is 19.9 Å². The molecule has 6 heteroatoms. The molecule has 3 rings (SSSR count). The Kier molecular flexibility index (Phi) is 5.08. The van der Waals surface area contributed by atoms with E-state index in [0.717, 1.165) is 11.1 Å². The van der Waals surface area contributed by atoms with Gasteiger partial charge in [0.2, 0.25) is 6.79 Å². The summed E-state index contributed by atoms with van der Waals surface area (Å²) < 4.78 is 10.5. The van der Waals surface area contributed by atoms with Crippen molar-refractivity contribution in [3.63, 3.8) is 0 Å². The van der Waals surface area contributed by atoms with Gasteiger partial charge in [0.1, 0.15) is 0 Å². The summed E-state index contributed by atoms with van der Waals surface area (Å²) in [5.41, 5.74) is 2.75. The Morgan fingerprint density at radius 3 is 2.22 bits per heavy atom. The maximum absolute atomic E-state index is 12.9. The molecule has 0 saturated carbocycles. The molecule has 0 radical (unpaired) electrons. The Morgan fingerprint density at radius 2 is 1.63 bits per heavy atom. The van der Waals surface area contributed by atoms with Crippen LogP contribution < -0.4 is 14.8 Å². The standard InChI is InChI=1S/C21H23NO5/c1-11(2)13-5-6-14(15(7-13)12(3)4)20(23)22-17-9-19-18(26-10-27-19)8-16(17)21(24)25/h5-9,11-12H,10H2,1-4H3,(H,22,23)(H,24,25). The Bertz CT molecular complexity index is 902. The molecule has 1 amide bonds. The Morgan fingerprint density at radius 1 is 0.963 bits per heavy atom. The topological polar surface area (TPSA) is 84.9 Å². The van der Waals surface area contributed by atoms with Gasteiger partial charge in [-0.3, -0.25) is 4.79 Å². The van der Waals surface area contributed by atoms with Crippen LogP contribution in [0.1, 0.15) is 71.4 Å². The summed E-state index contributed by atoms with van der Waals surface area (Å²) in [5.74, 6) is -0.227. The second-order valence-electron chi connectivity index (χ2n) is 7.17. The highest BCUT2D eigenvalue weighted by molar-refractivity contribution is 6.09. The number of carboxylic acid groups (broad SMARTS) is 1. The number of carbonyl (C=O) groups is 2. The fourth-order valence-electron chi connectivity index (χ4n) is 3.04. The van der Waals surface area contributed by atoms with E-state index in [-0.39, 0.29) is 29.9 Å². The molecule has 0 atom stereocenters. The van der Waals surface area contributed by atoms with Gasteiger partial charge in [-0.2, -0.15) is 0 Å². The number of benzene rings is 2. The van der Waals surface area contributed by atoms with E-state index < -0.39 is 5.97 Å². The van der Waals surface area contributed by atoms with Crippen LogP contribution in [0.15, 0.2) is 30.3 Å². The number of amides is 1. The Labute approximate surface area is 158 Å². The van der Waals surface area contributed by atoms with Crippen LogP contribution in [0.4, 0.5) is 5.69 Å². The number of hydrogen-bond acceptors (Lipinski definition) is 4. The predicted molar refractivity (Wildman–Crippen MR) is 102 cm³/mol. The number of fused-ring (bicyclic) bond motifs is 1. The van der Waals surface area contributed by atoms with E-state index in [0.29, 0.717) is 23.0 Å². The molecule has 1 aliphatic rings. The summed E-state index contributed by atoms with van der Waals surface area (Å²) in [5, 5.41) is 12.2. The van der Waals surface area contributed by atoms with Crippen LogP contribution >= 0.6 is 0 Å². The van der Waals surface area contributed by atoms with Crippen molar-refractivity contribution < 1.29 is 24.2 Å². The lowest BCUT2D eigenvalue weighted by Crippen LogP contribution is -2.17. The molecule has 0 fully saturated rings. The molecule has 0 spiro atoms. The summed E-state index contributed by atoms with van der Waals surface area (Å²) in [6, 6.07) is 8.63. The highest BCUT2D eigenvalue weighted by atomic mass is 16.7. The lowest BCUT2D eigenvalue weighted by molar-refractivity contribution is 0.0697. The van der Waals surface area contributed by atoms with Gasteiger partial charge in [-0.15, -0.1) is 0 Å². The second-order valence-corrected chi connectivity index (χ2v) is 7.17. The SMILES string of the molecule is CC(C)c1ccc(C(=O)Nc2cc3c(cc2C(=O)O)OCO3)c(C(C)C)c1. The number of anilines is 1. The van der Waals surface area contributed by atoms with Crippen LogP contribution in [0.5, 0.6) is 11.5 Å². The number of hydrogen-bond donors (Lipinski definition) is 2. The zero-order valence-electron chi connectivity index (χ0n) is 15.8. The molecule has 1 aliphatic heterocycles. The van der Waals surface area contributed by atoms with Crippen molar-refractivity contribution in [3.8, 4) is 11.5 Å². The van der Waals surface area contributed by atoms with Crippen LogP contribution in [0.2, 0.25) is 0 Å². The summed E-state index contributed by atoms with van der Waals surface area (Å²) in [7, 11) is 0. The van der Waals surface area contributed by atoms with E-state index in [4.69, 9.17) is 9.47 Å². The van der Waals surface area contributed by atoms with E-state index >= 15 is 0 Å². The van der Waals surface area contributed by atoms with Gasteiger partial charge in [-0.25, -0.2) is 4.79 Å². The minimum atomic E-state index is -1.15. The minimum Gasteiger partial charge on any atom is -0.478 e. The quantitative estimate of drug-likeness (QED) is 0.804. The Hall–Kier alpha value is -3.02. The predicted octanol–water partition coefficient (Wildman–Crippen LogP) is 4.61. The van der Waals surface area contributed by atoms with Gasteiger partial charge in [-0.1, -0.05) is 39.8 Å². The Balaban J connectivity index is 1.98. The van der Waals surface area contributed by atoms with E-state index in [1.807, 2.05) is 26.0 Å². The zero-order valence-corrected chi connectivity index (χ0v) is 15.8. The van der Waals surface area contributed by atoms with E-state index in [9.17, 15) is 14.7 Å². The number of rotatable bonds is 5. The van der Waals surface area contributed by atoms with Gasteiger partial charge in [-0.05, 0) is 29.0 Å². The highest BCUT2D eigenvalue weighted by Crippen LogP contribution is 2.37. The van der Waals surface area contributed by atoms with Gasteiger partial charge >= 0.3 is 5.97 Å². The molecule has 142 valence electrons. The highest BCUT2D eigenvalue weighted by Gasteiger charge is 2.23. The molecule has 0 bridgehead atoms. The summed E-state index contributed by atoms with van der Waals surface area (Å²) in [6.07, 6.45) is 0. The van der Waals surface area contributed by atoms with Crippen LogP contribution in [-0.4, -0.2) is 23.8 Å². The summed E-state index contributed by atoms with van der Waals surface area (Å²) in [6.45, 7) is 8.29. The number of aromatic carboxylic acids is 1. The summed E-state index contributed by atoms with van der Waals surface area (Å²) in [4.78, 5) is 24.5. The molecule has 2 aromatic rings. The lowest BCUT2D eigenvalue weighted by Gasteiger charge is -2.17. The molecule has 6 nitrogen and oxygen atoms in total. The average molecular weight is 369 g/mol. The van der Waals surface area contributed by atoms with Crippen LogP contribution in [0, 0.1) is 0 Å². The molecule has 27 heavy (non-hydrogen) atoms. The van der Waals surface area contributed by atoms with Crippen LogP contribution in [0.25, 0.3) is 0 Å². The molecule has 0 saturated heterocycles. The monoisotopic (exact) mass is 369 g/mol. The molecule has 2 N–H and O–H groups in total. The number of carboxylic acids is 1. The zero-order chi connectivity index (χ0) is 19.7. The lowest BCUT2D eigenvalue weighted by atomic mass is 9.91. The van der Waals surface area contributed by atoms with Crippen molar-refractivity contribution in [2.45, 2.75) is 39.5 Å². The van der Waals surface area contributed by atoms with Crippen molar-refractivity contribution in [2.75, 3.05) is 12.1 Å². The largest absolute Gasteiger partial charge is 0.478 e. The minimum absolute atomic E-state index is 0.0277. The van der Waals surface area contributed by atoms with E-state index in [2.05, 4.69) is 19.2 Å². The molecule has 2 aromatic carbocycles. The third-order valence-electron chi connectivity index (χ3n) is 4.60. The van der Waals surface area contributed by atoms with Crippen molar-refractivity contribution in [3.05, 3.63) is 52.6 Å². The van der Waals surface area contributed by atoms with E-state index in [1.165, 1.54) is 12.1 Å². The van der Waals surface area contributed by atoms with Crippen molar-refractivity contribution >= 4 is 17.6 Å². The van der Waals surface area contributed by atoms with Crippen molar-refractivity contribution in [1.29, 1.82) is 0 Å². The third-order valence-corrected chi connectivity index (χ3v) is 4.60. The van der Waals surface area contributed by atoms with Gasteiger partial charge in [0.05, 0.1) is 11.3 Å². The number of ether oxygens (including phenoxy) is 2. The summed E-state index contributed by atoms with van der Waals surface area (Å²) >= 11 is 0. The fraction of sp³-hybridized carbons (Fsp3) is 0.333. The van der Waals surface area contributed by atoms with Gasteiger partial charge in [0.15, 0.2) is 11.5 Å². The van der Waals surface area contributed by atoms with Gasteiger partial charge in [0, 0.05) is 17.7 Å². The average Bonchev–Trinajstić information content (AvgIpc) is 3.07. The first-order valence-electron chi connectivity index (χ1n) is 8.90. The van der Waals surface area contributed by atoms with Crippen LogP contribution in [-0.2, 0) is 0 Å². The first-order valence-corrected chi connectivity index (χ1v) is 8.90. The molecular weight excluding hydrogens is 346 g/mol. The fourth-order valence-corrected chi connectivity index (χ4v) is 3.04. The molecular formula is C21H23NO5. The van der Waals surface area contributed by atoms with Crippen LogP contribution in [0.3, 0.4) is 0 Å². The number of carbonyl (C=O) groups excluding carboxylic acids is 1. The van der Waals surface area contributed by atoms with E-state index in [1.54, 1.807) is 6.07 Å². The van der Waals surface area contributed by atoms with Crippen molar-refractivity contribution in [1.82, 2.24) is 0 Å². The van der Waals surface area contributed by atoms with Crippen molar-refractivity contribution in [2.24, 2.45) is 0 Å². The normalized spacial score (nSPS) is 12.5. The second kappa shape index (κ2) is 7.31. The first kappa shape index (κ1) is 18.8. The maximum atomic E-state index is 12.9. The molecule has 1 heterocycles. The maximum Gasteiger partial charge on any atom is 0.337 e. The number of nitrogens with one attached hydrogen (secondary N) is 1. The molecule has 0 aliphatic carbocycles.